The number of carbonyl (C=O) groups excluding carboxylic acids is 1. The third kappa shape index (κ3) is 4.29. The van der Waals surface area contributed by atoms with Crippen LogP contribution in [0.15, 0.2) is 27.1 Å². The fourth-order valence-electron chi connectivity index (χ4n) is 2.12. The van der Waals surface area contributed by atoms with Crippen LogP contribution in [0.5, 0.6) is 0 Å². The van der Waals surface area contributed by atoms with E-state index < -0.39 is 0 Å². The van der Waals surface area contributed by atoms with Crippen molar-refractivity contribution in [3.05, 3.63) is 32.7 Å². The predicted octanol–water partition coefficient (Wildman–Crippen LogP) is 3.43. The molecule has 1 N–H and O–H groups in total. The summed E-state index contributed by atoms with van der Waals surface area (Å²) in [6.45, 7) is 4.86. The van der Waals surface area contributed by atoms with Gasteiger partial charge in [-0.1, -0.05) is 22.9 Å². The first-order valence-electron chi connectivity index (χ1n) is 6.59. The number of amides is 1. The van der Waals surface area contributed by atoms with Crippen molar-refractivity contribution >= 4 is 37.8 Å². The maximum Gasteiger partial charge on any atom is 0.252 e. The topological polar surface area (TPSA) is 32.3 Å². The molecule has 0 aromatic heterocycles. The molecule has 1 aromatic rings. The molecule has 0 atom stereocenters. The number of rotatable bonds is 6. The zero-order valence-electron chi connectivity index (χ0n) is 11.0. The molecule has 1 saturated carbocycles. The third-order valence-electron chi connectivity index (χ3n) is 3.33. The monoisotopic (exact) mass is 388 g/mol. The minimum atomic E-state index is -0.0220. The molecule has 1 amide bonds. The first-order chi connectivity index (χ1) is 9.11. The molecule has 0 bridgehead atoms. The Morgan fingerprint density at radius 3 is 2.74 bits per heavy atom. The fourth-order valence-corrected chi connectivity index (χ4v) is 3.35. The van der Waals surface area contributed by atoms with Crippen molar-refractivity contribution in [1.29, 1.82) is 0 Å². The standard InChI is InChI=1S/C14H18Br2N2O/c1-2-18(11-4-5-11)8-7-17-14(19)12-6-3-10(15)9-13(12)16/h3,6,9,11H,2,4-5,7-8H2,1H3,(H,17,19). The van der Waals surface area contributed by atoms with Crippen LogP contribution in [0.1, 0.15) is 30.1 Å². The van der Waals surface area contributed by atoms with Crippen LogP contribution in [0.3, 0.4) is 0 Å². The summed E-state index contributed by atoms with van der Waals surface area (Å²) >= 11 is 6.80. The Morgan fingerprint density at radius 1 is 1.42 bits per heavy atom. The molecule has 0 heterocycles. The molecule has 0 aliphatic heterocycles. The van der Waals surface area contributed by atoms with E-state index in [-0.39, 0.29) is 5.91 Å². The first-order valence-corrected chi connectivity index (χ1v) is 8.17. The summed E-state index contributed by atoms with van der Waals surface area (Å²) in [4.78, 5) is 14.5. The molecule has 0 saturated heterocycles. The van der Waals surface area contributed by atoms with Crippen LogP contribution >= 0.6 is 31.9 Å². The van der Waals surface area contributed by atoms with E-state index in [1.54, 1.807) is 0 Å². The summed E-state index contributed by atoms with van der Waals surface area (Å²) < 4.78 is 1.77. The van der Waals surface area contributed by atoms with E-state index in [2.05, 4.69) is 49.0 Å². The number of halogens is 2. The zero-order chi connectivity index (χ0) is 13.8. The molecule has 0 spiro atoms. The molecule has 3 nitrogen and oxygen atoms in total. The maximum atomic E-state index is 12.1. The van der Waals surface area contributed by atoms with Gasteiger partial charge in [-0.25, -0.2) is 0 Å². The molecule has 5 heteroatoms. The second-order valence-electron chi connectivity index (χ2n) is 4.74. The Labute approximate surface area is 131 Å². The lowest BCUT2D eigenvalue weighted by atomic mass is 10.2. The molecule has 0 radical (unpaired) electrons. The largest absolute Gasteiger partial charge is 0.351 e. The second kappa shape index (κ2) is 6.86. The van der Waals surface area contributed by atoms with Crippen LogP contribution in [0.4, 0.5) is 0 Å². The normalized spacial score (nSPS) is 14.7. The lowest BCUT2D eigenvalue weighted by molar-refractivity contribution is 0.0947. The van der Waals surface area contributed by atoms with Gasteiger partial charge >= 0.3 is 0 Å². The molecular weight excluding hydrogens is 372 g/mol. The predicted molar refractivity (Wildman–Crippen MR) is 84.4 cm³/mol. The van der Waals surface area contributed by atoms with Gasteiger partial charge in [0.2, 0.25) is 0 Å². The Kier molecular flexibility index (Phi) is 5.42. The van der Waals surface area contributed by atoms with E-state index in [4.69, 9.17) is 0 Å². The van der Waals surface area contributed by atoms with Crippen LogP contribution in [0, 0.1) is 0 Å². The number of nitrogens with zero attached hydrogens (tertiary/aromatic N) is 1. The van der Waals surface area contributed by atoms with Crippen molar-refractivity contribution in [3.8, 4) is 0 Å². The van der Waals surface area contributed by atoms with Crippen molar-refractivity contribution in [2.24, 2.45) is 0 Å². The molecule has 1 aromatic carbocycles. The highest BCUT2D eigenvalue weighted by Crippen LogP contribution is 2.26. The van der Waals surface area contributed by atoms with Gasteiger partial charge in [0.05, 0.1) is 5.56 Å². The fraction of sp³-hybridized carbons (Fsp3) is 0.500. The van der Waals surface area contributed by atoms with Crippen LogP contribution < -0.4 is 5.32 Å². The summed E-state index contributed by atoms with van der Waals surface area (Å²) in [5.74, 6) is -0.0220. The maximum absolute atomic E-state index is 12.1. The van der Waals surface area contributed by atoms with Crippen molar-refractivity contribution in [3.63, 3.8) is 0 Å². The van der Waals surface area contributed by atoms with Gasteiger partial charge in [0.25, 0.3) is 5.91 Å². The lowest BCUT2D eigenvalue weighted by Crippen LogP contribution is -2.36. The number of benzene rings is 1. The highest BCUT2D eigenvalue weighted by Gasteiger charge is 2.27. The van der Waals surface area contributed by atoms with Crippen molar-refractivity contribution in [2.75, 3.05) is 19.6 Å². The van der Waals surface area contributed by atoms with Crippen LogP contribution in [-0.2, 0) is 0 Å². The minimum absolute atomic E-state index is 0.0220. The molecule has 1 aliphatic carbocycles. The van der Waals surface area contributed by atoms with Crippen LogP contribution in [0.25, 0.3) is 0 Å². The van der Waals surface area contributed by atoms with Crippen LogP contribution in [0.2, 0.25) is 0 Å². The van der Waals surface area contributed by atoms with Gasteiger partial charge in [-0.2, -0.15) is 0 Å². The Morgan fingerprint density at radius 2 is 2.16 bits per heavy atom. The van der Waals surface area contributed by atoms with E-state index in [0.29, 0.717) is 12.1 Å². The Hall–Kier alpha value is -0.390. The number of likely N-dealkylation sites (N-methyl/N-ethyl adjacent to an activating group) is 1. The van der Waals surface area contributed by atoms with Crippen molar-refractivity contribution < 1.29 is 4.79 Å². The average molecular weight is 390 g/mol. The molecule has 0 unspecified atom stereocenters. The van der Waals surface area contributed by atoms with Gasteiger partial charge in [-0.15, -0.1) is 0 Å². The van der Waals surface area contributed by atoms with E-state index in [9.17, 15) is 4.79 Å². The first kappa shape index (κ1) is 15.0. The van der Waals surface area contributed by atoms with Gasteiger partial charge < -0.3 is 5.32 Å². The summed E-state index contributed by atoms with van der Waals surface area (Å²) in [6.07, 6.45) is 2.61. The van der Waals surface area contributed by atoms with Crippen molar-refractivity contribution in [1.82, 2.24) is 10.2 Å². The molecule has 104 valence electrons. The van der Waals surface area contributed by atoms with E-state index in [1.807, 2.05) is 18.2 Å². The van der Waals surface area contributed by atoms with E-state index >= 15 is 0 Å². The number of nitrogens with one attached hydrogen (secondary N) is 1. The summed E-state index contributed by atoms with van der Waals surface area (Å²) in [7, 11) is 0. The van der Waals surface area contributed by atoms with Gasteiger partial charge in [0.15, 0.2) is 0 Å². The second-order valence-corrected chi connectivity index (χ2v) is 6.51. The number of hydrogen-bond donors (Lipinski definition) is 1. The molecule has 1 fully saturated rings. The molecule has 19 heavy (non-hydrogen) atoms. The van der Waals surface area contributed by atoms with Gasteiger partial charge in [0.1, 0.15) is 0 Å². The Bertz CT molecular complexity index is 461. The van der Waals surface area contributed by atoms with Crippen molar-refractivity contribution in [2.45, 2.75) is 25.8 Å². The SMILES string of the molecule is CCN(CCNC(=O)c1ccc(Br)cc1Br)C1CC1. The molecular formula is C14H18Br2N2O. The third-order valence-corrected chi connectivity index (χ3v) is 4.48. The molecule has 2 rings (SSSR count). The summed E-state index contributed by atoms with van der Waals surface area (Å²) in [5, 5.41) is 2.98. The zero-order valence-corrected chi connectivity index (χ0v) is 14.1. The number of hydrogen-bond acceptors (Lipinski definition) is 2. The van der Waals surface area contributed by atoms with Gasteiger partial charge in [-0.05, 0) is 53.5 Å². The highest BCUT2D eigenvalue weighted by molar-refractivity contribution is 9.11. The lowest BCUT2D eigenvalue weighted by Gasteiger charge is -2.19. The van der Waals surface area contributed by atoms with E-state index in [0.717, 1.165) is 28.1 Å². The minimum Gasteiger partial charge on any atom is -0.351 e. The highest BCUT2D eigenvalue weighted by atomic mass is 79.9. The molecule has 1 aliphatic rings. The average Bonchev–Trinajstić information content (AvgIpc) is 3.18. The number of carbonyl (C=O) groups is 1. The summed E-state index contributed by atoms with van der Waals surface area (Å²) in [5.41, 5.74) is 0.678. The smallest absolute Gasteiger partial charge is 0.252 e. The summed E-state index contributed by atoms with van der Waals surface area (Å²) in [6, 6.07) is 6.34. The van der Waals surface area contributed by atoms with Crippen LogP contribution in [-0.4, -0.2) is 36.5 Å². The van der Waals surface area contributed by atoms with E-state index in [1.165, 1.54) is 12.8 Å². The van der Waals surface area contributed by atoms with Gasteiger partial charge in [0, 0.05) is 28.1 Å². The van der Waals surface area contributed by atoms with Gasteiger partial charge in [-0.3, -0.25) is 9.69 Å². The Balaban J connectivity index is 1.83. The quantitative estimate of drug-likeness (QED) is 0.808.